The van der Waals surface area contributed by atoms with E-state index in [1.807, 2.05) is 19.1 Å². The lowest BCUT2D eigenvalue weighted by atomic mass is 10.1. The molecule has 0 saturated carbocycles. The van der Waals surface area contributed by atoms with Gasteiger partial charge in [0.2, 0.25) is 0 Å². The summed E-state index contributed by atoms with van der Waals surface area (Å²) in [6, 6.07) is 17.1. The van der Waals surface area contributed by atoms with Crippen LogP contribution in [0.4, 0.5) is 17.2 Å². The quantitative estimate of drug-likeness (QED) is 0.627. The van der Waals surface area contributed by atoms with Gasteiger partial charge in [0.25, 0.3) is 10.0 Å². The van der Waals surface area contributed by atoms with E-state index < -0.39 is 10.0 Å². The van der Waals surface area contributed by atoms with E-state index in [1.165, 1.54) is 19.2 Å². The summed E-state index contributed by atoms with van der Waals surface area (Å²) in [6.07, 6.45) is 1.52. The summed E-state index contributed by atoms with van der Waals surface area (Å²) in [5, 5.41) is 3.14. The largest absolute Gasteiger partial charge is 0.354 e. The smallest absolute Gasteiger partial charge is 0.263 e. The maximum Gasteiger partial charge on any atom is 0.263 e. The first-order valence-corrected chi connectivity index (χ1v) is 9.75. The number of rotatable bonds is 6. The number of anilines is 3. The Balaban J connectivity index is 1.74. The van der Waals surface area contributed by atoms with Crippen molar-refractivity contribution >= 4 is 33.0 Å². The van der Waals surface area contributed by atoms with Crippen molar-refractivity contribution in [1.82, 2.24) is 4.98 Å². The number of aromatic nitrogens is 1. The molecule has 0 aliphatic heterocycles. The standard InChI is InChI=1S/C20H19N3O3S/c1-14-5-3-8-19(11-14)27(25,26)23-20-10-9-18(13-21-20)22-17-7-4-6-16(12-17)15(2)24/h3-13,22H,1-2H3,(H,21,23). The molecule has 0 atom stereocenters. The zero-order valence-electron chi connectivity index (χ0n) is 14.9. The van der Waals surface area contributed by atoms with E-state index in [-0.39, 0.29) is 16.5 Å². The Morgan fingerprint density at radius 3 is 2.41 bits per heavy atom. The Bertz CT molecular complexity index is 1080. The fourth-order valence-corrected chi connectivity index (χ4v) is 3.60. The van der Waals surface area contributed by atoms with Crippen LogP contribution in [0.15, 0.2) is 71.8 Å². The lowest BCUT2D eigenvalue weighted by Gasteiger charge is -2.10. The van der Waals surface area contributed by atoms with Crippen molar-refractivity contribution < 1.29 is 13.2 Å². The molecule has 0 aliphatic carbocycles. The topological polar surface area (TPSA) is 88.2 Å². The molecule has 1 aromatic heterocycles. The van der Waals surface area contributed by atoms with Crippen molar-refractivity contribution in [1.29, 1.82) is 0 Å². The van der Waals surface area contributed by atoms with Crippen LogP contribution in [-0.2, 0) is 10.0 Å². The van der Waals surface area contributed by atoms with Gasteiger partial charge < -0.3 is 5.32 Å². The van der Waals surface area contributed by atoms with Crippen LogP contribution < -0.4 is 10.0 Å². The third-order valence-corrected chi connectivity index (χ3v) is 5.21. The molecule has 0 bridgehead atoms. The highest BCUT2D eigenvalue weighted by Crippen LogP contribution is 2.20. The fourth-order valence-electron chi connectivity index (χ4n) is 2.49. The molecule has 3 aromatic rings. The SMILES string of the molecule is CC(=O)c1cccc(Nc2ccc(NS(=O)(=O)c3cccc(C)c3)nc2)c1. The Morgan fingerprint density at radius 2 is 1.74 bits per heavy atom. The van der Waals surface area contributed by atoms with Gasteiger partial charge in [0.05, 0.1) is 16.8 Å². The second-order valence-corrected chi connectivity index (χ2v) is 7.80. The summed E-state index contributed by atoms with van der Waals surface area (Å²) in [6.45, 7) is 3.34. The van der Waals surface area contributed by atoms with Gasteiger partial charge in [-0.15, -0.1) is 0 Å². The van der Waals surface area contributed by atoms with Gasteiger partial charge in [-0.25, -0.2) is 13.4 Å². The highest BCUT2D eigenvalue weighted by Gasteiger charge is 2.14. The minimum absolute atomic E-state index is 0.0160. The molecule has 0 aliphatic rings. The number of Topliss-reactive ketones (excluding diaryl/α,β-unsaturated/α-hetero) is 1. The molecule has 0 radical (unpaired) electrons. The van der Waals surface area contributed by atoms with E-state index in [4.69, 9.17) is 0 Å². The molecular weight excluding hydrogens is 362 g/mol. The highest BCUT2D eigenvalue weighted by atomic mass is 32.2. The summed E-state index contributed by atoms with van der Waals surface area (Å²) in [5.74, 6) is 0.206. The molecular formula is C20H19N3O3S. The Hall–Kier alpha value is -3.19. The number of aryl methyl sites for hydroxylation is 1. The lowest BCUT2D eigenvalue weighted by Crippen LogP contribution is -2.14. The molecule has 3 rings (SSSR count). The molecule has 0 fully saturated rings. The molecule has 0 saturated heterocycles. The van der Waals surface area contributed by atoms with Crippen molar-refractivity contribution in [3.05, 3.63) is 78.0 Å². The van der Waals surface area contributed by atoms with Crippen LogP contribution in [0.5, 0.6) is 0 Å². The van der Waals surface area contributed by atoms with Crippen LogP contribution in [0.25, 0.3) is 0 Å². The Kier molecular flexibility index (Phi) is 5.23. The molecule has 2 N–H and O–H groups in total. The zero-order valence-corrected chi connectivity index (χ0v) is 15.7. The van der Waals surface area contributed by atoms with Crippen molar-refractivity contribution in [3.8, 4) is 0 Å². The number of sulfonamides is 1. The van der Waals surface area contributed by atoms with Gasteiger partial charge in [0.1, 0.15) is 5.82 Å². The third-order valence-electron chi connectivity index (χ3n) is 3.86. The van der Waals surface area contributed by atoms with E-state index in [9.17, 15) is 13.2 Å². The summed E-state index contributed by atoms with van der Waals surface area (Å²) in [5.41, 5.74) is 2.89. The average Bonchev–Trinajstić information content (AvgIpc) is 2.63. The van der Waals surface area contributed by atoms with Crippen molar-refractivity contribution in [2.75, 3.05) is 10.0 Å². The number of ketones is 1. The van der Waals surface area contributed by atoms with E-state index in [0.717, 1.165) is 11.3 Å². The number of nitrogens with zero attached hydrogens (tertiary/aromatic N) is 1. The lowest BCUT2D eigenvalue weighted by molar-refractivity contribution is 0.101. The number of pyridine rings is 1. The Morgan fingerprint density at radius 1 is 0.963 bits per heavy atom. The molecule has 0 unspecified atom stereocenters. The van der Waals surface area contributed by atoms with Gasteiger partial charge in [0.15, 0.2) is 5.78 Å². The predicted molar refractivity (Wildman–Crippen MR) is 106 cm³/mol. The van der Waals surface area contributed by atoms with Crippen molar-refractivity contribution in [2.24, 2.45) is 0 Å². The van der Waals surface area contributed by atoms with E-state index in [2.05, 4.69) is 15.0 Å². The number of hydrogen-bond acceptors (Lipinski definition) is 5. The molecule has 1 heterocycles. The van der Waals surface area contributed by atoms with Crippen LogP contribution in [0.1, 0.15) is 22.8 Å². The number of nitrogens with one attached hydrogen (secondary N) is 2. The second kappa shape index (κ2) is 7.59. The molecule has 138 valence electrons. The maximum absolute atomic E-state index is 12.4. The monoisotopic (exact) mass is 381 g/mol. The molecule has 0 spiro atoms. The Labute approximate surface area is 158 Å². The van der Waals surface area contributed by atoms with Crippen LogP contribution in [0.3, 0.4) is 0 Å². The van der Waals surface area contributed by atoms with Gasteiger partial charge in [-0.2, -0.15) is 0 Å². The van der Waals surface area contributed by atoms with Gasteiger partial charge in [-0.05, 0) is 55.8 Å². The van der Waals surface area contributed by atoms with Crippen LogP contribution in [0, 0.1) is 6.92 Å². The third kappa shape index (κ3) is 4.71. The number of carbonyl (C=O) groups excluding carboxylic acids is 1. The molecule has 27 heavy (non-hydrogen) atoms. The first-order chi connectivity index (χ1) is 12.8. The zero-order chi connectivity index (χ0) is 19.4. The minimum Gasteiger partial charge on any atom is -0.354 e. The van der Waals surface area contributed by atoms with Crippen LogP contribution in [-0.4, -0.2) is 19.2 Å². The second-order valence-electron chi connectivity index (χ2n) is 6.12. The minimum atomic E-state index is -3.69. The molecule has 0 amide bonds. The van der Waals surface area contributed by atoms with E-state index >= 15 is 0 Å². The summed E-state index contributed by atoms with van der Waals surface area (Å²) in [4.78, 5) is 15.8. The predicted octanol–water partition coefficient (Wildman–Crippen LogP) is 4.14. The fraction of sp³-hybridized carbons (Fsp3) is 0.100. The van der Waals surface area contributed by atoms with E-state index in [0.29, 0.717) is 11.3 Å². The average molecular weight is 381 g/mol. The molecule has 7 heteroatoms. The molecule has 6 nitrogen and oxygen atoms in total. The highest BCUT2D eigenvalue weighted by molar-refractivity contribution is 7.92. The van der Waals surface area contributed by atoms with Crippen LogP contribution in [0.2, 0.25) is 0 Å². The van der Waals surface area contributed by atoms with Gasteiger partial charge in [-0.3, -0.25) is 9.52 Å². The number of benzene rings is 2. The maximum atomic E-state index is 12.4. The summed E-state index contributed by atoms with van der Waals surface area (Å²) in [7, 11) is -3.69. The van der Waals surface area contributed by atoms with Crippen LogP contribution >= 0.6 is 0 Å². The first kappa shape index (κ1) is 18.6. The van der Waals surface area contributed by atoms with E-state index in [1.54, 1.807) is 42.5 Å². The van der Waals surface area contributed by atoms with Crippen molar-refractivity contribution in [3.63, 3.8) is 0 Å². The number of hydrogen-bond donors (Lipinski definition) is 2. The van der Waals surface area contributed by atoms with Gasteiger partial charge in [0, 0.05) is 11.3 Å². The summed E-state index contributed by atoms with van der Waals surface area (Å²) < 4.78 is 27.3. The first-order valence-electron chi connectivity index (χ1n) is 8.27. The van der Waals surface area contributed by atoms with Gasteiger partial charge in [-0.1, -0.05) is 24.3 Å². The summed E-state index contributed by atoms with van der Waals surface area (Å²) >= 11 is 0. The van der Waals surface area contributed by atoms with Gasteiger partial charge >= 0.3 is 0 Å². The normalized spacial score (nSPS) is 11.0. The molecule has 2 aromatic carbocycles. The van der Waals surface area contributed by atoms with Crippen molar-refractivity contribution in [2.45, 2.75) is 18.7 Å². The number of carbonyl (C=O) groups is 1.